The first-order chi connectivity index (χ1) is 14.6. The third kappa shape index (κ3) is 4.80. The van der Waals surface area contributed by atoms with Crippen molar-refractivity contribution in [3.05, 3.63) is 23.8 Å². The first kappa shape index (κ1) is 20.8. The zero-order valence-corrected chi connectivity index (χ0v) is 17.7. The molecule has 2 saturated heterocycles. The van der Waals surface area contributed by atoms with Gasteiger partial charge in [-0.25, -0.2) is 4.79 Å². The Bertz CT molecular complexity index is 763. The minimum absolute atomic E-state index is 0.211. The van der Waals surface area contributed by atoms with Crippen molar-refractivity contribution in [3.8, 4) is 11.5 Å². The van der Waals surface area contributed by atoms with Crippen molar-refractivity contribution in [2.24, 2.45) is 0 Å². The van der Waals surface area contributed by atoms with Crippen LogP contribution in [-0.4, -0.2) is 85.4 Å². The zero-order chi connectivity index (χ0) is 20.9. The van der Waals surface area contributed by atoms with Gasteiger partial charge in [0.15, 0.2) is 11.5 Å². The van der Waals surface area contributed by atoms with Gasteiger partial charge < -0.3 is 24.0 Å². The molecule has 1 aromatic carbocycles. The van der Waals surface area contributed by atoms with E-state index in [1.54, 1.807) is 4.90 Å². The zero-order valence-electron chi connectivity index (χ0n) is 17.7. The highest BCUT2D eigenvalue weighted by molar-refractivity contribution is 5.76. The van der Waals surface area contributed by atoms with Gasteiger partial charge in [0.25, 0.3) is 0 Å². The Hall–Kier alpha value is -2.48. The summed E-state index contributed by atoms with van der Waals surface area (Å²) in [6.07, 6.45) is 3.11. The molecule has 4 rings (SSSR count). The Morgan fingerprint density at radius 2 is 1.87 bits per heavy atom. The van der Waals surface area contributed by atoms with Crippen LogP contribution in [0, 0.1) is 0 Å². The highest BCUT2D eigenvalue weighted by Crippen LogP contribution is 2.32. The van der Waals surface area contributed by atoms with E-state index in [0.717, 1.165) is 56.1 Å². The molecule has 0 bridgehead atoms. The molecule has 164 valence electrons. The predicted molar refractivity (Wildman–Crippen MR) is 111 cm³/mol. The van der Waals surface area contributed by atoms with Crippen molar-refractivity contribution in [1.29, 1.82) is 0 Å². The number of fused-ring (bicyclic) bond motifs is 1. The second-order valence-electron chi connectivity index (χ2n) is 8.05. The van der Waals surface area contributed by atoms with Crippen LogP contribution < -0.4 is 9.47 Å². The van der Waals surface area contributed by atoms with E-state index in [2.05, 4.69) is 4.90 Å². The highest BCUT2D eigenvalue weighted by Gasteiger charge is 2.31. The maximum absolute atomic E-state index is 12.8. The largest absolute Gasteiger partial charge is 0.454 e. The van der Waals surface area contributed by atoms with Crippen molar-refractivity contribution in [2.75, 3.05) is 52.7 Å². The second-order valence-corrected chi connectivity index (χ2v) is 8.05. The molecular weight excluding hydrogens is 386 g/mol. The molecule has 3 aliphatic rings. The molecule has 1 aromatic rings. The molecule has 3 heterocycles. The molecule has 2 amide bonds. The van der Waals surface area contributed by atoms with Crippen LogP contribution in [-0.2, 0) is 16.0 Å². The molecule has 8 heteroatoms. The smallest absolute Gasteiger partial charge is 0.409 e. The minimum Gasteiger partial charge on any atom is -0.454 e. The third-order valence-corrected chi connectivity index (χ3v) is 6.17. The molecule has 3 aliphatic heterocycles. The van der Waals surface area contributed by atoms with Crippen LogP contribution in [0.15, 0.2) is 18.2 Å². The summed E-state index contributed by atoms with van der Waals surface area (Å²) in [6, 6.07) is 6.26. The normalized spacial score (nSPS) is 21.6. The number of likely N-dealkylation sites (tertiary alicyclic amines) is 1. The van der Waals surface area contributed by atoms with E-state index in [1.165, 1.54) is 0 Å². The van der Waals surface area contributed by atoms with Gasteiger partial charge in [0.2, 0.25) is 12.7 Å². The molecule has 0 spiro atoms. The maximum Gasteiger partial charge on any atom is 0.409 e. The number of carbonyl (C=O) groups excluding carboxylic acids is 2. The standard InChI is InChI=1S/C22H31N3O5/c1-2-28-22(27)24-12-10-23(11-13-24)18-4-3-9-25(15-18)21(26)8-6-17-5-7-19-20(14-17)30-16-29-19/h5,7,14,18H,2-4,6,8-13,15-16H2,1H3/t18-/m0/s1. The van der Waals surface area contributed by atoms with Gasteiger partial charge in [0.05, 0.1) is 6.61 Å². The number of piperazine rings is 1. The lowest BCUT2D eigenvalue weighted by molar-refractivity contribution is -0.133. The Morgan fingerprint density at radius 3 is 2.67 bits per heavy atom. The quantitative estimate of drug-likeness (QED) is 0.731. The number of amides is 2. The number of benzene rings is 1. The Balaban J connectivity index is 1.24. The second kappa shape index (κ2) is 9.55. The third-order valence-electron chi connectivity index (χ3n) is 6.17. The topological polar surface area (TPSA) is 71.6 Å². The van der Waals surface area contributed by atoms with Crippen LogP contribution >= 0.6 is 0 Å². The van der Waals surface area contributed by atoms with Gasteiger partial charge in [-0.05, 0) is 43.9 Å². The van der Waals surface area contributed by atoms with Crippen LogP contribution in [0.5, 0.6) is 11.5 Å². The molecule has 0 N–H and O–H groups in total. The summed E-state index contributed by atoms with van der Waals surface area (Å²) in [4.78, 5) is 30.9. The van der Waals surface area contributed by atoms with Gasteiger partial charge in [0, 0.05) is 51.7 Å². The lowest BCUT2D eigenvalue weighted by atomic mass is 10.0. The number of nitrogens with zero attached hydrogens (tertiary/aromatic N) is 3. The number of hydrogen-bond acceptors (Lipinski definition) is 6. The molecule has 0 aromatic heterocycles. The SMILES string of the molecule is CCOC(=O)N1CCN([C@H]2CCCN(C(=O)CCc3ccc4c(c3)OCO4)C2)CC1. The summed E-state index contributed by atoms with van der Waals surface area (Å²) in [7, 11) is 0. The van der Waals surface area contributed by atoms with E-state index >= 15 is 0 Å². The number of hydrogen-bond donors (Lipinski definition) is 0. The summed E-state index contributed by atoms with van der Waals surface area (Å²) in [6.45, 7) is 7.16. The van der Waals surface area contributed by atoms with Crippen molar-refractivity contribution in [2.45, 2.75) is 38.6 Å². The van der Waals surface area contributed by atoms with E-state index in [0.29, 0.717) is 38.6 Å². The fourth-order valence-electron chi connectivity index (χ4n) is 4.47. The lowest BCUT2D eigenvalue weighted by Crippen LogP contribution is -2.56. The summed E-state index contributed by atoms with van der Waals surface area (Å²) in [5, 5.41) is 0. The Labute approximate surface area is 177 Å². The first-order valence-electron chi connectivity index (χ1n) is 11.0. The van der Waals surface area contributed by atoms with Crippen LogP contribution in [0.1, 0.15) is 31.7 Å². The number of aryl methyl sites for hydroxylation is 1. The van der Waals surface area contributed by atoms with E-state index in [1.807, 2.05) is 30.0 Å². The fraction of sp³-hybridized carbons (Fsp3) is 0.636. The molecule has 0 saturated carbocycles. The molecule has 0 unspecified atom stereocenters. The fourth-order valence-corrected chi connectivity index (χ4v) is 4.47. The van der Waals surface area contributed by atoms with E-state index in [-0.39, 0.29) is 18.8 Å². The summed E-state index contributed by atoms with van der Waals surface area (Å²) in [5.74, 6) is 1.74. The van der Waals surface area contributed by atoms with Crippen LogP contribution in [0.4, 0.5) is 4.79 Å². The van der Waals surface area contributed by atoms with Crippen LogP contribution in [0.3, 0.4) is 0 Å². The average Bonchev–Trinajstić information content (AvgIpc) is 3.26. The van der Waals surface area contributed by atoms with Gasteiger partial charge in [-0.1, -0.05) is 6.07 Å². The number of carbonyl (C=O) groups is 2. The van der Waals surface area contributed by atoms with E-state index in [9.17, 15) is 9.59 Å². The Kier molecular flexibility index (Phi) is 6.62. The summed E-state index contributed by atoms with van der Waals surface area (Å²) in [5.41, 5.74) is 1.09. The lowest BCUT2D eigenvalue weighted by Gasteiger charge is -2.43. The van der Waals surface area contributed by atoms with Crippen LogP contribution in [0.25, 0.3) is 0 Å². The van der Waals surface area contributed by atoms with Gasteiger partial charge in [-0.2, -0.15) is 0 Å². The molecule has 0 radical (unpaired) electrons. The molecule has 2 fully saturated rings. The number of piperidine rings is 1. The number of ether oxygens (including phenoxy) is 3. The van der Waals surface area contributed by atoms with Gasteiger partial charge in [-0.3, -0.25) is 9.69 Å². The Morgan fingerprint density at radius 1 is 1.07 bits per heavy atom. The summed E-state index contributed by atoms with van der Waals surface area (Å²) >= 11 is 0. The average molecular weight is 418 g/mol. The molecule has 8 nitrogen and oxygen atoms in total. The van der Waals surface area contributed by atoms with E-state index in [4.69, 9.17) is 14.2 Å². The van der Waals surface area contributed by atoms with Crippen molar-refractivity contribution >= 4 is 12.0 Å². The van der Waals surface area contributed by atoms with E-state index < -0.39 is 0 Å². The minimum atomic E-state index is -0.221. The monoisotopic (exact) mass is 417 g/mol. The van der Waals surface area contributed by atoms with Crippen LogP contribution in [0.2, 0.25) is 0 Å². The van der Waals surface area contributed by atoms with Gasteiger partial charge in [0.1, 0.15) is 0 Å². The number of rotatable bonds is 5. The maximum atomic E-state index is 12.8. The van der Waals surface area contributed by atoms with Crippen molar-refractivity contribution < 1.29 is 23.8 Å². The molecule has 30 heavy (non-hydrogen) atoms. The van der Waals surface area contributed by atoms with Gasteiger partial charge in [-0.15, -0.1) is 0 Å². The van der Waals surface area contributed by atoms with Gasteiger partial charge >= 0.3 is 6.09 Å². The van der Waals surface area contributed by atoms with Crippen molar-refractivity contribution in [1.82, 2.24) is 14.7 Å². The predicted octanol–water partition coefficient (Wildman–Crippen LogP) is 2.11. The molecular formula is C22H31N3O5. The molecule has 1 atom stereocenters. The highest BCUT2D eigenvalue weighted by atomic mass is 16.7. The first-order valence-corrected chi connectivity index (χ1v) is 11.0. The van der Waals surface area contributed by atoms with Crippen molar-refractivity contribution in [3.63, 3.8) is 0 Å². The summed E-state index contributed by atoms with van der Waals surface area (Å²) < 4.78 is 15.9. The molecule has 0 aliphatic carbocycles.